The first-order valence-corrected chi connectivity index (χ1v) is 8.17. The third-order valence-corrected chi connectivity index (χ3v) is 4.96. The van der Waals surface area contributed by atoms with Crippen LogP contribution in [0.5, 0.6) is 0 Å². The lowest BCUT2D eigenvalue weighted by Gasteiger charge is -2.16. The van der Waals surface area contributed by atoms with Crippen LogP contribution < -0.4 is 5.32 Å². The van der Waals surface area contributed by atoms with E-state index in [1.54, 1.807) is 11.3 Å². The summed E-state index contributed by atoms with van der Waals surface area (Å²) < 4.78 is 27.0. The molecule has 3 rings (SSSR count). The standard InChI is InChI=1S/C16H18F2N2S/c1-2-19-15(10-7-11(17)9-12(18)8-10)16-20-13-5-3-4-6-14(13)21-16/h7-9,15,19H,2-6H2,1H3. The largest absolute Gasteiger partial charge is 0.305 e. The van der Waals surface area contributed by atoms with Crippen molar-refractivity contribution in [2.24, 2.45) is 0 Å². The number of aromatic nitrogens is 1. The predicted octanol–water partition coefficient (Wildman–Crippen LogP) is 4.00. The molecule has 1 unspecified atom stereocenters. The number of hydrogen-bond acceptors (Lipinski definition) is 3. The lowest BCUT2D eigenvalue weighted by molar-refractivity contribution is 0.564. The first kappa shape index (κ1) is 14.6. The maximum absolute atomic E-state index is 13.5. The van der Waals surface area contributed by atoms with Crippen molar-refractivity contribution in [3.63, 3.8) is 0 Å². The Bertz CT molecular complexity index is 595. The number of rotatable bonds is 4. The Labute approximate surface area is 127 Å². The third kappa shape index (κ3) is 3.14. The molecule has 1 aliphatic carbocycles. The van der Waals surface area contributed by atoms with E-state index in [1.165, 1.54) is 35.5 Å². The monoisotopic (exact) mass is 308 g/mol. The molecular weight excluding hydrogens is 290 g/mol. The van der Waals surface area contributed by atoms with Gasteiger partial charge in [0.1, 0.15) is 16.6 Å². The van der Waals surface area contributed by atoms with Crippen LogP contribution in [0.4, 0.5) is 8.78 Å². The summed E-state index contributed by atoms with van der Waals surface area (Å²) in [7, 11) is 0. The maximum atomic E-state index is 13.5. The molecule has 1 atom stereocenters. The Hall–Kier alpha value is -1.33. The molecule has 0 amide bonds. The number of halogens is 2. The molecule has 0 spiro atoms. The fourth-order valence-electron chi connectivity index (χ4n) is 2.79. The maximum Gasteiger partial charge on any atom is 0.126 e. The van der Waals surface area contributed by atoms with Crippen LogP contribution in [0.15, 0.2) is 18.2 Å². The average molecular weight is 308 g/mol. The van der Waals surface area contributed by atoms with Gasteiger partial charge >= 0.3 is 0 Å². The molecule has 2 aromatic rings. The minimum atomic E-state index is -0.547. The smallest absolute Gasteiger partial charge is 0.126 e. The molecule has 1 N–H and O–H groups in total. The van der Waals surface area contributed by atoms with Gasteiger partial charge in [0.2, 0.25) is 0 Å². The average Bonchev–Trinajstić information content (AvgIpc) is 2.87. The predicted molar refractivity (Wildman–Crippen MR) is 80.6 cm³/mol. The van der Waals surface area contributed by atoms with Gasteiger partial charge in [-0.25, -0.2) is 13.8 Å². The summed E-state index contributed by atoms with van der Waals surface area (Å²) in [5, 5.41) is 4.20. The van der Waals surface area contributed by atoms with Crippen molar-refractivity contribution in [2.75, 3.05) is 6.54 Å². The molecule has 1 aromatic heterocycles. The van der Waals surface area contributed by atoms with Crippen LogP contribution in [0.2, 0.25) is 0 Å². The van der Waals surface area contributed by atoms with Crippen LogP contribution in [-0.2, 0) is 12.8 Å². The number of aryl methyl sites for hydroxylation is 2. The highest BCUT2D eigenvalue weighted by Crippen LogP contribution is 2.33. The zero-order valence-corrected chi connectivity index (χ0v) is 12.8. The molecular formula is C16H18F2N2S. The van der Waals surface area contributed by atoms with E-state index in [0.29, 0.717) is 12.1 Å². The lowest BCUT2D eigenvalue weighted by Crippen LogP contribution is -2.22. The van der Waals surface area contributed by atoms with Crippen molar-refractivity contribution >= 4 is 11.3 Å². The summed E-state index contributed by atoms with van der Waals surface area (Å²) in [6.45, 7) is 2.70. The Morgan fingerprint density at radius 3 is 2.57 bits per heavy atom. The highest BCUT2D eigenvalue weighted by Gasteiger charge is 2.22. The van der Waals surface area contributed by atoms with Gasteiger partial charge in [0, 0.05) is 10.9 Å². The highest BCUT2D eigenvalue weighted by molar-refractivity contribution is 7.11. The number of fused-ring (bicyclic) bond motifs is 1. The fraction of sp³-hybridized carbons (Fsp3) is 0.438. The SMILES string of the molecule is CCNC(c1cc(F)cc(F)c1)c1nc2c(s1)CCCC2. The van der Waals surface area contributed by atoms with E-state index in [-0.39, 0.29) is 6.04 Å². The highest BCUT2D eigenvalue weighted by atomic mass is 32.1. The van der Waals surface area contributed by atoms with Gasteiger partial charge in [-0.3, -0.25) is 0 Å². The van der Waals surface area contributed by atoms with Gasteiger partial charge in [0.15, 0.2) is 0 Å². The molecule has 112 valence electrons. The van der Waals surface area contributed by atoms with E-state index >= 15 is 0 Å². The molecule has 0 aliphatic heterocycles. The van der Waals surface area contributed by atoms with Crippen molar-refractivity contribution in [1.29, 1.82) is 0 Å². The molecule has 1 heterocycles. The van der Waals surface area contributed by atoms with Crippen LogP contribution in [0.1, 0.15) is 46.9 Å². The zero-order chi connectivity index (χ0) is 14.8. The van der Waals surface area contributed by atoms with Crippen molar-refractivity contribution < 1.29 is 8.78 Å². The second-order valence-corrected chi connectivity index (χ2v) is 6.44. The second-order valence-electron chi connectivity index (χ2n) is 5.32. The fourth-order valence-corrected chi connectivity index (χ4v) is 4.05. The van der Waals surface area contributed by atoms with Crippen molar-refractivity contribution in [3.8, 4) is 0 Å². The van der Waals surface area contributed by atoms with Crippen LogP contribution in [0.3, 0.4) is 0 Å². The van der Waals surface area contributed by atoms with Gasteiger partial charge in [-0.1, -0.05) is 6.92 Å². The quantitative estimate of drug-likeness (QED) is 0.923. The Balaban J connectivity index is 1.98. The number of nitrogens with zero attached hydrogens (tertiary/aromatic N) is 1. The van der Waals surface area contributed by atoms with Crippen molar-refractivity contribution in [3.05, 3.63) is 51.0 Å². The minimum Gasteiger partial charge on any atom is -0.305 e. The number of thiazole rings is 1. The number of nitrogens with one attached hydrogen (secondary N) is 1. The second kappa shape index (κ2) is 6.20. The summed E-state index contributed by atoms with van der Waals surface area (Å²) in [5.41, 5.74) is 1.77. The van der Waals surface area contributed by atoms with E-state index in [0.717, 1.165) is 23.9 Å². The first-order chi connectivity index (χ1) is 10.2. The molecule has 0 radical (unpaired) electrons. The van der Waals surface area contributed by atoms with Crippen LogP contribution in [-0.4, -0.2) is 11.5 Å². The molecule has 21 heavy (non-hydrogen) atoms. The Morgan fingerprint density at radius 2 is 1.90 bits per heavy atom. The van der Waals surface area contributed by atoms with Gasteiger partial charge in [-0.15, -0.1) is 11.3 Å². The topological polar surface area (TPSA) is 24.9 Å². The van der Waals surface area contributed by atoms with Gasteiger partial charge < -0.3 is 5.32 Å². The summed E-state index contributed by atoms with van der Waals surface area (Å²) in [5.74, 6) is -1.09. The molecule has 0 bridgehead atoms. The molecule has 0 saturated heterocycles. The minimum absolute atomic E-state index is 0.240. The van der Waals surface area contributed by atoms with E-state index < -0.39 is 11.6 Å². The van der Waals surface area contributed by atoms with Gasteiger partial charge in [0.25, 0.3) is 0 Å². The summed E-state index contributed by atoms with van der Waals surface area (Å²) in [4.78, 5) is 6.05. The molecule has 1 aromatic carbocycles. The normalized spacial score (nSPS) is 15.8. The molecule has 1 aliphatic rings. The Kier molecular flexibility index (Phi) is 4.31. The molecule has 2 nitrogen and oxygen atoms in total. The molecule has 0 fully saturated rings. The summed E-state index contributed by atoms with van der Waals surface area (Å²) in [6.07, 6.45) is 4.47. The molecule has 0 saturated carbocycles. The number of hydrogen-bond donors (Lipinski definition) is 1. The van der Waals surface area contributed by atoms with E-state index in [4.69, 9.17) is 4.98 Å². The van der Waals surface area contributed by atoms with Gasteiger partial charge in [0.05, 0.1) is 11.7 Å². The summed E-state index contributed by atoms with van der Waals surface area (Å²) in [6, 6.07) is 3.43. The van der Waals surface area contributed by atoms with Crippen LogP contribution in [0.25, 0.3) is 0 Å². The van der Waals surface area contributed by atoms with E-state index in [2.05, 4.69) is 5.32 Å². The number of benzene rings is 1. The van der Waals surface area contributed by atoms with Gasteiger partial charge in [-0.05, 0) is 49.9 Å². The molecule has 5 heteroatoms. The zero-order valence-electron chi connectivity index (χ0n) is 12.0. The van der Waals surface area contributed by atoms with Crippen molar-refractivity contribution in [1.82, 2.24) is 10.3 Å². The first-order valence-electron chi connectivity index (χ1n) is 7.35. The van der Waals surface area contributed by atoms with E-state index in [9.17, 15) is 8.78 Å². The van der Waals surface area contributed by atoms with Crippen LogP contribution >= 0.6 is 11.3 Å². The van der Waals surface area contributed by atoms with E-state index in [1.807, 2.05) is 6.92 Å². The van der Waals surface area contributed by atoms with Gasteiger partial charge in [-0.2, -0.15) is 0 Å². The third-order valence-electron chi connectivity index (χ3n) is 3.74. The summed E-state index contributed by atoms with van der Waals surface area (Å²) >= 11 is 1.67. The Morgan fingerprint density at radius 1 is 1.19 bits per heavy atom. The van der Waals surface area contributed by atoms with Crippen LogP contribution in [0, 0.1) is 11.6 Å². The van der Waals surface area contributed by atoms with Crippen molar-refractivity contribution in [2.45, 2.75) is 38.6 Å². The lowest BCUT2D eigenvalue weighted by atomic mass is 10.0.